The molecule has 1 N–H and O–H groups in total. The van der Waals surface area contributed by atoms with E-state index >= 15 is 0 Å². The van der Waals surface area contributed by atoms with Gasteiger partial charge in [-0.2, -0.15) is 0 Å². The highest BCUT2D eigenvalue weighted by Gasteiger charge is 2.07. The molecule has 0 amide bonds. The van der Waals surface area contributed by atoms with E-state index in [4.69, 9.17) is 4.74 Å². The standard InChI is InChI=1S/C16H20N2O/c1-12-7-5-9-18-15(12)11-19-16-13(2)6-4-8-14(16)10-17-3/h4-9,17H,10-11H2,1-3H3. The number of benzene rings is 1. The monoisotopic (exact) mass is 256 g/mol. The quantitative estimate of drug-likeness (QED) is 0.893. The predicted molar refractivity (Wildman–Crippen MR) is 77.2 cm³/mol. The van der Waals surface area contributed by atoms with E-state index in [1.807, 2.05) is 13.1 Å². The molecule has 0 saturated carbocycles. The average molecular weight is 256 g/mol. The number of nitrogens with one attached hydrogen (secondary N) is 1. The first-order valence-electron chi connectivity index (χ1n) is 6.48. The molecule has 0 atom stereocenters. The van der Waals surface area contributed by atoms with Gasteiger partial charge in [-0.1, -0.05) is 24.3 Å². The molecule has 0 aliphatic carbocycles. The Morgan fingerprint density at radius 3 is 2.63 bits per heavy atom. The van der Waals surface area contributed by atoms with Crippen molar-refractivity contribution in [2.24, 2.45) is 0 Å². The van der Waals surface area contributed by atoms with Crippen LogP contribution in [0.3, 0.4) is 0 Å². The number of rotatable bonds is 5. The average Bonchev–Trinajstić information content (AvgIpc) is 2.40. The zero-order valence-electron chi connectivity index (χ0n) is 11.7. The second kappa shape index (κ2) is 6.34. The molecule has 0 spiro atoms. The topological polar surface area (TPSA) is 34.1 Å². The Hall–Kier alpha value is -1.87. The van der Waals surface area contributed by atoms with E-state index in [1.54, 1.807) is 6.20 Å². The largest absolute Gasteiger partial charge is 0.487 e. The molecule has 0 bridgehead atoms. The number of para-hydroxylation sites is 1. The van der Waals surface area contributed by atoms with Crippen molar-refractivity contribution >= 4 is 0 Å². The lowest BCUT2D eigenvalue weighted by atomic mass is 10.1. The summed E-state index contributed by atoms with van der Waals surface area (Å²) in [7, 11) is 1.94. The molecule has 1 heterocycles. The number of nitrogens with zero attached hydrogens (tertiary/aromatic N) is 1. The summed E-state index contributed by atoms with van der Waals surface area (Å²) in [5, 5.41) is 3.17. The highest BCUT2D eigenvalue weighted by Crippen LogP contribution is 2.24. The van der Waals surface area contributed by atoms with Crippen molar-refractivity contribution in [1.29, 1.82) is 0 Å². The fourth-order valence-corrected chi connectivity index (χ4v) is 2.06. The zero-order valence-corrected chi connectivity index (χ0v) is 11.7. The van der Waals surface area contributed by atoms with E-state index < -0.39 is 0 Å². The Morgan fingerprint density at radius 2 is 1.89 bits per heavy atom. The fourth-order valence-electron chi connectivity index (χ4n) is 2.06. The third kappa shape index (κ3) is 3.32. The van der Waals surface area contributed by atoms with Crippen molar-refractivity contribution in [2.75, 3.05) is 7.05 Å². The minimum Gasteiger partial charge on any atom is -0.487 e. The third-order valence-corrected chi connectivity index (χ3v) is 3.13. The van der Waals surface area contributed by atoms with Crippen LogP contribution in [0, 0.1) is 13.8 Å². The molecule has 0 aliphatic heterocycles. The fraction of sp³-hybridized carbons (Fsp3) is 0.312. The summed E-state index contributed by atoms with van der Waals surface area (Å²) in [5.74, 6) is 0.960. The molecule has 0 unspecified atom stereocenters. The molecule has 2 rings (SSSR count). The number of ether oxygens (including phenoxy) is 1. The van der Waals surface area contributed by atoms with Crippen molar-refractivity contribution in [3.8, 4) is 5.75 Å². The summed E-state index contributed by atoms with van der Waals surface area (Å²) in [6.45, 7) is 5.43. The zero-order chi connectivity index (χ0) is 13.7. The van der Waals surface area contributed by atoms with Crippen LogP contribution in [0.5, 0.6) is 5.75 Å². The minimum absolute atomic E-state index is 0.508. The lowest BCUT2D eigenvalue weighted by Gasteiger charge is -2.14. The Bertz CT molecular complexity index is 552. The van der Waals surface area contributed by atoms with Gasteiger partial charge in [0.25, 0.3) is 0 Å². The van der Waals surface area contributed by atoms with Crippen LogP contribution in [0.15, 0.2) is 36.5 Å². The van der Waals surface area contributed by atoms with Gasteiger partial charge in [-0.05, 0) is 38.1 Å². The molecule has 19 heavy (non-hydrogen) atoms. The summed E-state index contributed by atoms with van der Waals surface area (Å²) in [6.07, 6.45) is 1.80. The second-order valence-corrected chi connectivity index (χ2v) is 4.65. The van der Waals surface area contributed by atoms with Gasteiger partial charge >= 0.3 is 0 Å². The van der Waals surface area contributed by atoms with Gasteiger partial charge in [0.2, 0.25) is 0 Å². The van der Waals surface area contributed by atoms with Crippen LogP contribution in [0.25, 0.3) is 0 Å². The van der Waals surface area contributed by atoms with E-state index in [9.17, 15) is 0 Å². The second-order valence-electron chi connectivity index (χ2n) is 4.65. The Morgan fingerprint density at radius 1 is 1.11 bits per heavy atom. The molecule has 1 aromatic heterocycles. The molecule has 3 nitrogen and oxygen atoms in total. The molecule has 0 saturated heterocycles. The first-order valence-corrected chi connectivity index (χ1v) is 6.48. The molecular weight excluding hydrogens is 236 g/mol. The summed E-state index contributed by atoms with van der Waals surface area (Å²) in [6, 6.07) is 10.2. The predicted octanol–water partition coefficient (Wildman–Crippen LogP) is 3.00. The molecule has 0 aliphatic rings. The number of pyridine rings is 1. The first kappa shape index (κ1) is 13.6. The van der Waals surface area contributed by atoms with Crippen LogP contribution in [0.1, 0.15) is 22.4 Å². The number of aromatic nitrogens is 1. The van der Waals surface area contributed by atoms with Crippen molar-refractivity contribution in [3.05, 3.63) is 58.9 Å². The van der Waals surface area contributed by atoms with Crippen molar-refractivity contribution in [1.82, 2.24) is 10.3 Å². The Labute approximate surface area is 114 Å². The summed E-state index contributed by atoms with van der Waals surface area (Å²) in [4.78, 5) is 4.36. The highest BCUT2D eigenvalue weighted by molar-refractivity contribution is 5.40. The van der Waals surface area contributed by atoms with Gasteiger partial charge in [0.1, 0.15) is 12.4 Å². The Balaban J connectivity index is 2.17. The molecule has 0 fully saturated rings. The van der Waals surface area contributed by atoms with Crippen LogP contribution in [0.4, 0.5) is 0 Å². The van der Waals surface area contributed by atoms with Crippen LogP contribution < -0.4 is 10.1 Å². The van der Waals surface area contributed by atoms with Crippen LogP contribution in [0.2, 0.25) is 0 Å². The van der Waals surface area contributed by atoms with Gasteiger partial charge in [0, 0.05) is 18.3 Å². The van der Waals surface area contributed by atoms with Gasteiger partial charge in [-0.3, -0.25) is 4.98 Å². The van der Waals surface area contributed by atoms with E-state index in [-0.39, 0.29) is 0 Å². The van der Waals surface area contributed by atoms with E-state index in [1.165, 1.54) is 5.56 Å². The molecular formula is C16H20N2O. The van der Waals surface area contributed by atoms with Gasteiger partial charge < -0.3 is 10.1 Å². The van der Waals surface area contributed by atoms with Crippen molar-refractivity contribution in [3.63, 3.8) is 0 Å². The molecule has 3 heteroatoms. The molecule has 2 aromatic rings. The lowest BCUT2D eigenvalue weighted by Crippen LogP contribution is -2.09. The summed E-state index contributed by atoms with van der Waals surface area (Å²) in [5.41, 5.74) is 4.48. The maximum absolute atomic E-state index is 5.98. The highest BCUT2D eigenvalue weighted by atomic mass is 16.5. The smallest absolute Gasteiger partial charge is 0.130 e. The number of aryl methyl sites for hydroxylation is 2. The minimum atomic E-state index is 0.508. The molecule has 1 aromatic carbocycles. The summed E-state index contributed by atoms with van der Waals surface area (Å²) < 4.78 is 5.98. The first-order chi connectivity index (χ1) is 9.22. The third-order valence-electron chi connectivity index (χ3n) is 3.13. The van der Waals surface area contributed by atoms with Crippen LogP contribution in [-0.4, -0.2) is 12.0 Å². The SMILES string of the molecule is CNCc1cccc(C)c1OCc1ncccc1C. The van der Waals surface area contributed by atoms with Crippen molar-refractivity contribution < 1.29 is 4.74 Å². The number of hydrogen-bond donors (Lipinski definition) is 1. The molecule has 0 radical (unpaired) electrons. The maximum atomic E-state index is 5.98. The Kier molecular flexibility index (Phi) is 4.53. The van der Waals surface area contributed by atoms with E-state index in [2.05, 4.69) is 48.4 Å². The van der Waals surface area contributed by atoms with Crippen LogP contribution in [-0.2, 0) is 13.2 Å². The van der Waals surface area contributed by atoms with Crippen LogP contribution >= 0.6 is 0 Å². The van der Waals surface area contributed by atoms with Gasteiger partial charge in [0.05, 0.1) is 5.69 Å². The molecule has 100 valence electrons. The maximum Gasteiger partial charge on any atom is 0.130 e. The van der Waals surface area contributed by atoms with E-state index in [0.29, 0.717) is 6.61 Å². The van der Waals surface area contributed by atoms with Crippen molar-refractivity contribution in [2.45, 2.75) is 27.0 Å². The lowest BCUT2D eigenvalue weighted by molar-refractivity contribution is 0.294. The summed E-state index contributed by atoms with van der Waals surface area (Å²) >= 11 is 0. The normalized spacial score (nSPS) is 10.5. The number of hydrogen-bond acceptors (Lipinski definition) is 3. The van der Waals surface area contributed by atoms with Gasteiger partial charge in [0.15, 0.2) is 0 Å². The van der Waals surface area contributed by atoms with E-state index in [0.717, 1.165) is 29.1 Å². The van der Waals surface area contributed by atoms with Gasteiger partial charge in [-0.25, -0.2) is 0 Å². The van der Waals surface area contributed by atoms with Gasteiger partial charge in [-0.15, -0.1) is 0 Å².